The molecule has 1 amide bonds. The molecule has 0 fully saturated rings. The van der Waals surface area contributed by atoms with Gasteiger partial charge in [0.25, 0.3) is 5.91 Å². The smallest absolute Gasteiger partial charge is 0.270 e. The van der Waals surface area contributed by atoms with Crippen molar-refractivity contribution in [1.29, 1.82) is 0 Å². The number of carbonyl (C=O) groups excluding carboxylic acids is 1. The van der Waals surface area contributed by atoms with E-state index in [1.54, 1.807) is 18.2 Å². The highest BCUT2D eigenvalue weighted by molar-refractivity contribution is 5.92. The monoisotopic (exact) mass is 288 g/mol. The number of para-hydroxylation sites is 1. The molecule has 0 aliphatic carbocycles. The minimum atomic E-state index is -0.404. The summed E-state index contributed by atoms with van der Waals surface area (Å²) in [6.07, 6.45) is 3.38. The number of carbonyl (C=O) groups is 1. The van der Waals surface area contributed by atoms with Crippen LogP contribution in [0.4, 0.5) is 16.0 Å². The molecule has 0 aliphatic heterocycles. The molecule has 2 rings (SSSR count). The molecule has 1 aromatic carbocycles. The molecule has 1 heterocycles. The van der Waals surface area contributed by atoms with E-state index in [4.69, 9.17) is 0 Å². The second kappa shape index (κ2) is 7.33. The van der Waals surface area contributed by atoms with Crippen LogP contribution in [0.25, 0.3) is 0 Å². The third-order valence-electron chi connectivity index (χ3n) is 2.82. The predicted molar refractivity (Wildman–Crippen MR) is 79.0 cm³/mol. The van der Waals surface area contributed by atoms with E-state index in [2.05, 4.69) is 20.6 Å². The van der Waals surface area contributed by atoms with Crippen LogP contribution >= 0.6 is 0 Å². The van der Waals surface area contributed by atoms with Gasteiger partial charge in [-0.3, -0.25) is 4.79 Å². The molecule has 0 saturated carbocycles. The highest BCUT2D eigenvalue weighted by Crippen LogP contribution is 2.16. The van der Waals surface area contributed by atoms with Gasteiger partial charge in [0.15, 0.2) is 0 Å². The Morgan fingerprint density at radius 2 is 2.10 bits per heavy atom. The number of unbranched alkanes of at least 4 members (excludes halogenated alkanes) is 1. The Morgan fingerprint density at radius 3 is 2.86 bits per heavy atom. The molecule has 0 aliphatic rings. The van der Waals surface area contributed by atoms with Crippen LogP contribution in [0.3, 0.4) is 0 Å². The fourth-order valence-corrected chi connectivity index (χ4v) is 1.70. The Morgan fingerprint density at radius 1 is 1.29 bits per heavy atom. The zero-order valence-electron chi connectivity index (χ0n) is 11.8. The second-order valence-corrected chi connectivity index (χ2v) is 4.48. The van der Waals surface area contributed by atoms with Crippen LogP contribution in [0.1, 0.15) is 30.3 Å². The summed E-state index contributed by atoms with van der Waals surface area (Å²) in [7, 11) is 0. The molecule has 21 heavy (non-hydrogen) atoms. The normalized spacial score (nSPS) is 10.2. The number of nitrogens with one attached hydrogen (secondary N) is 2. The minimum Gasteiger partial charge on any atom is -0.351 e. The number of aromatic nitrogens is 2. The third-order valence-corrected chi connectivity index (χ3v) is 2.82. The van der Waals surface area contributed by atoms with Crippen LogP contribution in [0.2, 0.25) is 0 Å². The molecule has 0 radical (unpaired) electrons. The van der Waals surface area contributed by atoms with Crippen molar-refractivity contribution in [1.82, 2.24) is 15.3 Å². The van der Waals surface area contributed by atoms with Crippen LogP contribution in [0.15, 0.2) is 36.5 Å². The first kappa shape index (κ1) is 14.9. The SMILES string of the molecule is CCCCNC(=O)c1ccnc(Nc2ccccc2F)n1. The van der Waals surface area contributed by atoms with Crippen LogP contribution in [0.5, 0.6) is 0 Å². The van der Waals surface area contributed by atoms with Crippen molar-refractivity contribution in [3.63, 3.8) is 0 Å². The average molecular weight is 288 g/mol. The molecule has 6 heteroatoms. The van der Waals surface area contributed by atoms with Gasteiger partial charge in [0.1, 0.15) is 11.5 Å². The summed E-state index contributed by atoms with van der Waals surface area (Å²) < 4.78 is 13.5. The number of benzene rings is 1. The predicted octanol–water partition coefficient (Wildman–Crippen LogP) is 2.89. The maximum Gasteiger partial charge on any atom is 0.270 e. The lowest BCUT2D eigenvalue weighted by molar-refractivity contribution is 0.0948. The Bertz CT molecular complexity index is 618. The molecular formula is C15H17FN4O. The molecule has 110 valence electrons. The topological polar surface area (TPSA) is 66.9 Å². The molecule has 0 unspecified atom stereocenters. The first-order valence-corrected chi connectivity index (χ1v) is 6.83. The first-order valence-electron chi connectivity index (χ1n) is 6.83. The third kappa shape index (κ3) is 4.24. The molecule has 2 N–H and O–H groups in total. The molecule has 0 spiro atoms. The van der Waals surface area contributed by atoms with E-state index in [1.807, 2.05) is 6.92 Å². The van der Waals surface area contributed by atoms with Crippen molar-refractivity contribution in [2.75, 3.05) is 11.9 Å². The summed E-state index contributed by atoms with van der Waals surface area (Å²) in [5, 5.41) is 5.53. The Balaban J connectivity index is 2.07. The van der Waals surface area contributed by atoms with E-state index in [1.165, 1.54) is 18.3 Å². The van der Waals surface area contributed by atoms with E-state index in [0.29, 0.717) is 6.54 Å². The number of halogens is 1. The van der Waals surface area contributed by atoms with Gasteiger partial charge in [-0.1, -0.05) is 25.5 Å². The van der Waals surface area contributed by atoms with Crippen molar-refractivity contribution in [3.05, 3.63) is 48.0 Å². The number of rotatable bonds is 6. The van der Waals surface area contributed by atoms with Crippen molar-refractivity contribution < 1.29 is 9.18 Å². The number of nitrogens with zero attached hydrogens (tertiary/aromatic N) is 2. The van der Waals surface area contributed by atoms with Gasteiger partial charge in [0, 0.05) is 12.7 Å². The van der Waals surface area contributed by atoms with E-state index in [-0.39, 0.29) is 23.2 Å². The van der Waals surface area contributed by atoms with E-state index < -0.39 is 5.82 Å². The Kier molecular flexibility index (Phi) is 5.20. The lowest BCUT2D eigenvalue weighted by Gasteiger charge is -2.07. The fourth-order valence-electron chi connectivity index (χ4n) is 1.70. The van der Waals surface area contributed by atoms with E-state index in [0.717, 1.165) is 12.8 Å². The minimum absolute atomic E-state index is 0.184. The van der Waals surface area contributed by atoms with Crippen LogP contribution in [0, 0.1) is 5.82 Å². The van der Waals surface area contributed by atoms with Crippen LogP contribution < -0.4 is 10.6 Å². The van der Waals surface area contributed by atoms with Gasteiger partial charge in [-0.25, -0.2) is 14.4 Å². The quantitative estimate of drug-likeness (QED) is 0.802. The number of hydrogen-bond donors (Lipinski definition) is 2. The zero-order chi connectivity index (χ0) is 15.1. The maximum absolute atomic E-state index is 13.5. The summed E-state index contributed by atoms with van der Waals surface area (Å²) >= 11 is 0. The number of amides is 1. The highest BCUT2D eigenvalue weighted by Gasteiger charge is 2.09. The van der Waals surface area contributed by atoms with Crippen molar-refractivity contribution in [2.24, 2.45) is 0 Å². The molecule has 0 saturated heterocycles. The van der Waals surface area contributed by atoms with Gasteiger partial charge < -0.3 is 10.6 Å². The van der Waals surface area contributed by atoms with Crippen molar-refractivity contribution in [2.45, 2.75) is 19.8 Å². The van der Waals surface area contributed by atoms with Gasteiger partial charge in [-0.2, -0.15) is 0 Å². The molecule has 0 bridgehead atoms. The molecule has 5 nitrogen and oxygen atoms in total. The summed E-state index contributed by atoms with van der Waals surface area (Å²) in [6.45, 7) is 2.66. The highest BCUT2D eigenvalue weighted by atomic mass is 19.1. The molecular weight excluding hydrogens is 271 g/mol. The average Bonchev–Trinajstić information content (AvgIpc) is 2.50. The molecule has 0 atom stereocenters. The largest absolute Gasteiger partial charge is 0.351 e. The van der Waals surface area contributed by atoms with Crippen LogP contribution in [-0.4, -0.2) is 22.4 Å². The maximum atomic E-state index is 13.5. The Hall–Kier alpha value is -2.50. The van der Waals surface area contributed by atoms with E-state index in [9.17, 15) is 9.18 Å². The fraction of sp³-hybridized carbons (Fsp3) is 0.267. The van der Waals surface area contributed by atoms with Gasteiger partial charge >= 0.3 is 0 Å². The van der Waals surface area contributed by atoms with Gasteiger partial charge in [0.05, 0.1) is 5.69 Å². The van der Waals surface area contributed by atoms with Crippen LogP contribution in [-0.2, 0) is 0 Å². The van der Waals surface area contributed by atoms with Crippen molar-refractivity contribution in [3.8, 4) is 0 Å². The lowest BCUT2D eigenvalue weighted by atomic mass is 10.3. The van der Waals surface area contributed by atoms with Gasteiger partial charge in [-0.15, -0.1) is 0 Å². The summed E-state index contributed by atoms with van der Waals surface area (Å²) in [4.78, 5) is 20.0. The summed E-state index contributed by atoms with van der Waals surface area (Å²) in [5.74, 6) is -0.482. The number of anilines is 2. The first-order chi connectivity index (χ1) is 10.2. The van der Waals surface area contributed by atoms with Crippen molar-refractivity contribution >= 4 is 17.5 Å². The molecule has 2 aromatic rings. The lowest BCUT2D eigenvalue weighted by Crippen LogP contribution is -2.25. The van der Waals surface area contributed by atoms with E-state index >= 15 is 0 Å². The molecule has 1 aromatic heterocycles. The van der Waals surface area contributed by atoms with Gasteiger partial charge in [-0.05, 0) is 24.6 Å². The summed E-state index contributed by atoms with van der Waals surface area (Å²) in [5.41, 5.74) is 0.515. The standard InChI is InChI=1S/C15H17FN4O/c1-2-3-9-17-14(21)13-8-10-18-15(20-13)19-12-7-5-4-6-11(12)16/h4-8,10H,2-3,9H2,1H3,(H,17,21)(H,18,19,20). The Labute approximate surface area is 122 Å². The number of hydrogen-bond acceptors (Lipinski definition) is 4. The van der Waals surface area contributed by atoms with Gasteiger partial charge in [0.2, 0.25) is 5.95 Å². The second-order valence-electron chi connectivity index (χ2n) is 4.48. The summed E-state index contributed by atoms with van der Waals surface area (Å²) in [6, 6.07) is 7.73. The zero-order valence-corrected chi connectivity index (χ0v) is 11.8.